The van der Waals surface area contributed by atoms with Crippen molar-refractivity contribution in [3.63, 3.8) is 0 Å². The van der Waals surface area contributed by atoms with Crippen LogP contribution in [0, 0.1) is 3.57 Å². The normalized spacial score (nSPS) is 10.5. The number of hydrogen-bond acceptors (Lipinski definition) is 0. The molecule has 0 saturated heterocycles. The van der Waals surface area contributed by atoms with Crippen LogP contribution in [0.1, 0.15) is 0 Å². The molecule has 0 radical (unpaired) electrons. The van der Waals surface area contributed by atoms with Crippen molar-refractivity contribution < 1.29 is 0 Å². The van der Waals surface area contributed by atoms with E-state index in [0.29, 0.717) is 0 Å². The summed E-state index contributed by atoms with van der Waals surface area (Å²) in [5.41, 5.74) is 1.21. The highest BCUT2D eigenvalue weighted by molar-refractivity contribution is 14.1. The summed E-state index contributed by atoms with van der Waals surface area (Å²) < 4.78 is 1.28. The topological polar surface area (TPSA) is 15.8 Å². The quantitative estimate of drug-likeness (QED) is 0.680. The second-order valence-electron chi connectivity index (χ2n) is 2.21. The minimum Gasteiger partial charge on any atom is -0.361 e. The Labute approximate surface area is 72.6 Å². The van der Waals surface area contributed by atoms with Crippen LogP contribution >= 0.6 is 22.6 Å². The summed E-state index contributed by atoms with van der Waals surface area (Å²) in [5, 5.41) is 1.28. The molecule has 1 nitrogen and oxygen atoms in total. The van der Waals surface area contributed by atoms with E-state index >= 15 is 0 Å². The van der Waals surface area contributed by atoms with Crippen LogP contribution in [-0.2, 0) is 0 Å². The van der Waals surface area contributed by atoms with Crippen LogP contribution in [0.3, 0.4) is 0 Å². The fourth-order valence-electron chi connectivity index (χ4n) is 1.02. The largest absolute Gasteiger partial charge is 0.361 e. The Balaban J connectivity index is 2.86. The first-order valence-corrected chi connectivity index (χ1v) is 4.17. The molecule has 2 aromatic rings. The van der Waals surface area contributed by atoms with E-state index in [1.54, 1.807) is 0 Å². The number of hydrogen-bond donors (Lipinski definition) is 1. The van der Waals surface area contributed by atoms with Crippen molar-refractivity contribution in [1.82, 2.24) is 4.98 Å². The van der Waals surface area contributed by atoms with Gasteiger partial charge in [-0.25, -0.2) is 0 Å². The predicted molar refractivity (Wildman–Crippen MR) is 51.0 cm³/mol. The highest BCUT2D eigenvalue weighted by atomic mass is 123. The van der Waals surface area contributed by atoms with Crippen LogP contribution in [0.5, 0.6) is 0 Å². The Bertz CT molecular complexity index is 351. The molecule has 0 atom stereocenters. The third kappa shape index (κ3) is 0.923. The van der Waals surface area contributed by atoms with Gasteiger partial charge in [-0.15, -0.1) is 0 Å². The monoisotopic (exact) mass is 239 g/mol. The molecule has 1 aromatic heterocycles. The molecule has 0 saturated carbocycles. The number of benzene rings is 1. The Morgan fingerprint density at radius 1 is 1.20 bits per heavy atom. The van der Waals surface area contributed by atoms with Gasteiger partial charge in [0.15, 0.2) is 0 Å². The van der Waals surface area contributed by atoms with E-state index in [2.05, 4.69) is 51.8 Å². The molecule has 1 heterocycles. The van der Waals surface area contributed by atoms with Crippen LogP contribution in [-0.4, -0.2) is 4.98 Å². The summed E-state index contributed by atoms with van der Waals surface area (Å²) in [7, 11) is 0. The Kier molecular flexibility index (Phi) is 1.41. The van der Waals surface area contributed by atoms with Gasteiger partial charge in [-0.2, -0.15) is 0 Å². The van der Waals surface area contributed by atoms with Crippen molar-refractivity contribution in [3.8, 4) is 0 Å². The van der Waals surface area contributed by atoms with Crippen LogP contribution in [0.4, 0.5) is 0 Å². The average Bonchev–Trinajstić information content (AvgIpc) is 2.33. The summed E-state index contributed by atoms with van der Waals surface area (Å²) >= 11 is 2.31. The van der Waals surface area contributed by atoms with Crippen molar-refractivity contribution in [1.29, 1.82) is 0 Å². The molecule has 10 heavy (non-hydrogen) atoms. The first-order chi connectivity index (χ1) is 4.86. The molecule has 0 unspecified atom stereocenters. The molecule has 1 aromatic carbocycles. The predicted octanol–water partition coefficient (Wildman–Crippen LogP) is 2.77. The third-order valence-corrected chi connectivity index (χ3v) is 2.19. The number of aromatic amines is 1. The minimum absolute atomic E-state index is 1.21. The number of rotatable bonds is 0. The molecule has 2 rings (SSSR count). The summed E-state index contributed by atoms with van der Waals surface area (Å²) in [4.78, 5) is 3.14. The van der Waals surface area contributed by atoms with Gasteiger partial charge >= 0.3 is 0 Å². The first-order valence-electron chi connectivity index (χ1n) is 3.09. The molecule has 0 spiro atoms. The molecular weight excluding hydrogens is 233 g/mol. The van der Waals surface area contributed by atoms with Gasteiger partial charge < -0.3 is 4.98 Å². The van der Waals surface area contributed by atoms with Gasteiger partial charge in [-0.3, -0.25) is 0 Å². The van der Waals surface area contributed by atoms with Crippen LogP contribution in [0.2, 0.25) is 0 Å². The van der Waals surface area contributed by atoms with Gasteiger partial charge in [0.1, 0.15) is 0 Å². The minimum atomic E-state index is 1.21. The van der Waals surface area contributed by atoms with Crippen molar-refractivity contribution in [2.24, 2.45) is 0 Å². The molecular formula is C8H6IN. The Hall–Kier alpha value is -0.510. The molecule has 0 fully saturated rings. The van der Waals surface area contributed by atoms with Crippen molar-refractivity contribution in [3.05, 3.63) is 34.0 Å². The van der Waals surface area contributed by atoms with Crippen LogP contribution < -0.4 is 0 Å². The van der Waals surface area contributed by atoms with E-state index < -0.39 is 0 Å². The lowest BCUT2D eigenvalue weighted by Gasteiger charge is -1.89. The highest BCUT2D eigenvalue weighted by Gasteiger charge is 1.91. The maximum Gasteiger partial charge on any atom is 0.0454 e. The lowest BCUT2D eigenvalue weighted by atomic mass is 10.3. The van der Waals surface area contributed by atoms with Crippen LogP contribution in [0.25, 0.3) is 10.9 Å². The number of fused-ring (bicyclic) bond motifs is 1. The van der Waals surface area contributed by atoms with Gasteiger partial charge in [-0.1, -0.05) is 0 Å². The standard InChI is InChI=1S/C8H6IN/c9-7-1-2-8-6(5-7)3-4-10-8/h1-5,10H/i9-4. The summed E-state index contributed by atoms with van der Waals surface area (Å²) in [5.74, 6) is 0. The highest BCUT2D eigenvalue weighted by Crippen LogP contribution is 2.14. The third-order valence-electron chi connectivity index (χ3n) is 1.52. The molecule has 0 aliphatic carbocycles. The maximum atomic E-state index is 3.14. The molecule has 1 N–H and O–H groups in total. The second-order valence-corrected chi connectivity index (χ2v) is 3.45. The van der Waals surface area contributed by atoms with E-state index in [4.69, 9.17) is 0 Å². The average molecular weight is 239 g/mol. The summed E-state index contributed by atoms with van der Waals surface area (Å²) in [6.07, 6.45) is 1.96. The molecule has 0 bridgehead atoms. The number of H-pyrrole nitrogens is 1. The molecule has 0 aliphatic rings. The summed E-state index contributed by atoms with van der Waals surface area (Å²) in [6.45, 7) is 0. The zero-order valence-electron chi connectivity index (χ0n) is 5.26. The first kappa shape index (κ1) is 6.22. The van der Waals surface area contributed by atoms with Crippen molar-refractivity contribution in [2.45, 2.75) is 0 Å². The maximum absolute atomic E-state index is 3.14. The van der Waals surface area contributed by atoms with Gasteiger partial charge in [0.05, 0.1) is 0 Å². The number of halogens is 1. The second kappa shape index (κ2) is 2.27. The zero-order chi connectivity index (χ0) is 6.97. The van der Waals surface area contributed by atoms with Gasteiger partial charge in [0.2, 0.25) is 0 Å². The SMILES string of the molecule is [123I]c1ccc2[nH]ccc2c1. The number of nitrogens with one attached hydrogen (secondary N) is 1. The molecule has 2 heteroatoms. The fraction of sp³-hybridized carbons (Fsp3) is 0. The van der Waals surface area contributed by atoms with E-state index in [-0.39, 0.29) is 0 Å². The Morgan fingerprint density at radius 3 is 3.00 bits per heavy atom. The zero-order valence-corrected chi connectivity index (χ0v) is 7.42. The van der Waals surface area contributed by atoms with Crippen molar-refractivity contribution in [2.75, 3.05) is 0 Å². The van der Waals surface area contributed by atoms with E-state index in [1.165, 1.54) is 14.5 Å². The molecule has 0 aliphatic heterocycles. The lowest BCUT2D eigenvalue weighted by molar-refractivity contribution is 1.48. The van der Waals surface area contributed by atoms with Crippen molar-refractivity contribution >= 4 is 33.5 Å². The molecule has 50 valence electrons. The van der Waals surface area contributed by atoms with Crippen LogP contribution in [0.15, 0.2) is 30.5 Å². The fourth-order valence-corrected chi connectivity index (χ4v) is 1.54. The summed E-state index contributed by atoms with van der Waals surface area (Å²) in [6, 6.07) is 8.43. The molecule has 0 amide bonds. The smallest absolute Gasteiger partial charge is 0.0454 e. The lowest BCUT2D eigenvalue weighted by Crippen LogP contribution is -1.68. The number of aromatic nitrogens is 1. The van der Waals surface area contributed by atoms with E-state index in [0.717, 1.165) is 0 Å². The Morgan fingerprint density at radius 2 is 2.10 bits per heavy atom. The van der Waals surface area contributed by atoms with Gasteiger partial charge in [-0.05, 0) is 46.9 Å². The van der Waals surface area contributed by atoms with Gasteiger partial charge in [0, 0.05) is 20.7 Å². The van der Waals surface area contributed by atoms with Gasteiger partial charge in [0.25, 0.3) is 0 Å². The van der Waals surface area contributed by atoms with E-state index in [1.807, 2.05) is 6.20 Å². The van der Waals surface area contributed by atoms with E-state index in [9.17, 15) is 0 Å².